The van der Waals surface area contributed by atoms with Crippen LogP contribution in [0.3, 0.4) is 0 Å². The van der Waals surface area contributed by atoms with Crippen LogP contribution in [0.4, 0.5) is 11.4 Å². The molecule has 18 heavy (non-hydrogen) atoms. The fourth-order valence-corrected chi connectivity index (χ4v) is 2.15. The number of carbonyl (C=O) groups is 1. The lowest BCUT2D eigenvalue weighted by atomic mass is 10.0. The fourth-order valence-electron chi connectivity index (χ4n) is 2.15. The molecule has 0 aliphatic heterocycles. The summed E-state index contributed by atoms with van der Waals surface area (Å²) < 4.78 is 0. The van der Waals surface area contributed by atoms with E-state index in [1.807, 2.05) is 19.2 Å². The molecule has 0 aliphatic carbocycles. The van der Waals surface area contributed by atoms with Crippen molar-refractivity contribution >= 4 is 17.3 Å². The van der Waals surface area contributed by atoms with E-state index in [0.717, 1.165) is 12.1 Å². The van der Waals surface area contributed by atoms with Crippen molar-refractivity contribution in [3.05, 3.63) is 23.8 Å². The minimum Gasteiger partial charge on any atom is -0.396 e. The van der Waals surface area contributed by atoms with Gasteiger partial charge in [0, 0.05) is 13.1 Å². The highest BCUT2D eigenvalue weighted by Gasteiger charge is 2.16. The third-order valence-corrected chi connectivity index (χ3v) is 3.20. The molecule has 0 radical (unpaired) electrons. The van der Waals surface area contributed by atoms with E-state index in [1.165, 1.54) is 0 Å². The molecular weight excluding hydrogens is 226 g/mol. The first-order chi connectivity index (χ1) is 8.34. The largest absolute Gasteiger partial charge is 0.396 e. The van der Waals surface area contributed by atoms with Gasteiger partial charge in [-0.1, -0.05) is 19.9 Å². The number of nitrogens with two attached hydrogens (primary N) is 2. The van der Waals surface area contributed by atoms with Crippen LogP contribution in [0.2, 0.25) is 0 Å². The molecule has 100 valence electrons. The van der Waals surface area contributed by atoms with Gasteiger partial charge in [-0.3, -0.25) is 4.79 Å². The topological polar surface area (TPSA) is 72.3 Å². The number of para-hydroxylation sites is 1. The van der Waals surface area contributed by atoms with E-state index < -0.39 is 5.91 Å². The van der Waals surface area contributed by atoms with Gasteiger partial charge in [0.15, 0.2) is 0 Å². The Morgan fingerprint density at radius 2 is 1.94 bits per heavy atom. The number of primary amides is 1. The second-order valence-corrected chi connectivity index (χ2v) is 5.19. The minimum atomic E-state index is -0.487. The van der Waals surface area contributed by atoms with Gasteiger partial charge in [0.2, 0.25) is 0 Å². The summed E-state index contributed by atoms with van der Waals surface area (Å²) in [4.78, 5) is 13.4. The first-order valence-corrected chi connectivity index (χ1v) is 6.25. The standard InChI is InChI=1S/C14H23N3O/c1-9(2)8-10(3)17(4)12-7-5-6-11(13(12)15)14(16)18/h5-7,9-10H,8,15H2,1-4H3,(H2,16,18). The van der Waals surface area contributed by atoms with Gasteiger partial charge in [-0.05, 0) is 31.4 Å². The van der Waals surface area contributed by atoms with Gasteiger partial charge in [-0.15, -0.1) is 0 Å². The lowest BCUT2D eigenvalue weighted by Crippen LogP contribution is -2.31. The molecule has 0 fully saturated rings. The van der Waals surface area contributed by atoms with E-state index in [0.29, 0.717) is 23.2 Å². The molecule has 0 spiro atoms. The lowest BCUT2D eigenvalue weighted by Gasteiger charge is -2.29. The number of benzene rings is 1. The fraction of sp³-hybridized carbons (Fsp3) is 0.500. The van der Waals surface area contributed by atoms with Crippen molar-refractivity contribution in [3.8, 4) is 0 Å². The second kappa shape index (κ2) is 5.76. The Balaban J connectivity index is 3.02. The summed E-state index contributed by atoms with van der Waals surface area (Å²) in [6, 6.07) is 5.74. The van der Waals surface area contributed by atoms with E-state index in [2.05, 4.69) is 25.7 Å². The van der Waals surface area contributed by atoms with Gasteiger partial charge in [-0.2, -0.15) is 0 Å². The summed E-state index contributed by atoms with van der Waals surface area (Å²) in [7, 11) is 1.99. The predicted molar refractivity (Wildman–Crippen MR) is 76.7 cm³/mol. The van der Waals surface area contributed by atoms with Gasteiger partial charge in [0.1, 0.15) is 0 Å². The normalized spacial score (nSPS) is 12.5. The van der Waals surface area contributed by atoms with E-state index >= 15 is 0 Å². The van der Waals surface area contributed by atoms with E-state index in [4.69, 9.17) is 11.5 Å². The molecule has 4 heteroatoms. The Hall–Kier alpha value is -1.71. The lowest BCUT2D eigenvalue weighted by molar-refractivity contribution is 0.100. The van der Waals surface area contributed by atoms with E-state index in [1.54, 1.807) is 6.07 Å². The van der Waals surface area contributed by atoms with Crippen LogP contribution in [-0.4, -0.2) is 19.0 Å². The van der Waals surface area contributed by atoms with Gasteiger partial charge in [0.05, 0.1) is 16.9 Å². The van der Waals surface area contributed by atoms with Gasteiger partial charge >= 0.3 is 0 Å². The highest BCUT2D eigenvalue weighted by atomic mass is 16.1. The molecule has 0 aliphatic rings. The molecule has 0 saturated carbocycles. The van der Waals surface area contributed by atoms with Crippen molar-refractivity contribution in [2.75, 3.05) is 17.7 Å². The zero-order valence-electron chi connectivity index (χ0n) is 11.6. The van der Waals surface area contributed by atoms with Crippen LogP contribution >= 0.6 is 0 Å². The second-order valence-electron chi connectivity index (χ2n) is 5.19. The molecule has 0 bridgehead atoms. The maximum atomic E-state index is 11.3. The van der Waals surface area contributed by atoms with E-state index in [9.17, 15) is 4.79 Å². The Morgan fingerprint density at radius 1 is 1.33 bits per heavy atom. The summed E-state index contributed by atoms with van der Waals surface area (Å²) in [6.45, 7) is 6.53. The summed E-state index contributed by atoms with van der Waals surface area (Å²) >= 11 is 0. The molecule has 0 heterocycles. The zero-order valence-corrected chi connectivity index (χ0v) is 11.6. The van der Waals surface area contributed by atoms with Crippen LogP contribution in [0, 0.1) is 5.92 Å². The van der Waals surface area contributed by atoms with Crippen LogP contribution in [0.25, 0.3) is 0 Å². The Morgan fingerprint density at radius 3 is 2.44 bits per heavy atom. The molecule has 1 aromatic rings. The molecule has 1 unspecified atom stereocenters. The maximum Gasteiger partial charge on any atom is 0.250 e. The van der Waals surface area contributed by atoms with E-state index in [-0.39, 0.29) is 0 Å². The number of amides is 1. The maximum absolute atomic E-state index is 11.3. The predicted octanol–water partition coefficient (Wildman–Crippen LogP) is 2.24. The Labute approximate surface area is 109 Å². The first-order valence-electron chi connectivity index (χ1n) is 6.25. The van der Waals surface area contributed by atoms with Gasteiger partial charge in [-0.25, -0.2) is 0 Å². The molecule has 4 N–H and O–H groups in total. The average molecular weight is 249 g/mol. The third-order valence-electron chi connectivity index (χ3n) is 3.20. The van der Waals surface area contributed by atoms with Crippen molar-refractivity contribution < 1.29 is 4.79 Å². The summed E-state index contributed by atoms with van der Waals surface area (Å²) in [6.07, 6.45) is 1.07. The SMILES string of the molecule is CC(C)CC(C)N(C)c1cccc(C(N)=O)c1N. The van der Waals surface area contributed by atoms with Crippen LogP contribution in [0.15, 0.2) is 18.2 Å². The number of hydrogen-bond donors (Lipinski definition) is 2. The Kier molecular flexibility index (Phi) is 4.59. The molecule has 1 atom stereocenters. The third kappa shape index (κ3) is 3.15. The monoisotopic (exact) mass is 249 g/mol. The summed E-state index contributed by atoms with van der Waals surface area (Å²) in [5.74, 6) is 0.127. The highest BCUT2D eigenvalue weighted by molar-refractivity contribution is 6.00. The van der Waals surface area contributed by atoms with Gasteiger partial charge < -0.3 is 16.4 Å². The molecule has 0 saturated heterocycles. The Bertz CT molecular complexity index is 429. The molecular formula is C14H23N3O. The minimum absolute atomic E-state index is 0.357. The number of anilines is 2. The summed E-state index contributed by atoms with van der Waals surface area (Å²) in [5, 5.41) is 0. The van der Waals surface area contributed by atoms with Crippen molar-refractivity contribution in [3.63, 3.8) is 0 Å². The van der Waals surface area contributed by atoms with Crippen molar-refractivity contribution in [1.82, 2.24) is 0 Å². The van der Waals surface area contributed by atoms with Crippen LogP contribution in [0.5, 0.6) is 0 Å². The molecule has 4 nitrogen and oxygen atoms in total. The molecule has 1 amide bonds. The van der Waals surface area contributed by atoms with Crippen molar-refractivity contribution in [2.45, 2.75) is 33.2 Å². The number of nitrogen functional groups attached to an aromatic ring is 1. The molecule has 1 aromatic carbocycles. The van der Waals surface area contributed by atoms with Gasteiger partial charge in [0.25, 0.3) is 5.91 Å². The van der Waals surface area contributed by atoms with Crippen LogP contribution in [-0.2, 0) is 0 Å². The summed E-state index contributed by atoms with van der Waals surface area (Å²) in [5.41, 5.74) is 13.0. The first kappa shape index (κ1) is 14.4. The number of carbonyl (C=O) groups excluding carboxylic acids is 1. The van der Waals surface area contributed by atoms with Crippen LogP contribution in [0.1, 0.15) is 37.6 Å². The molecule has 1 rings (SSSR count). The van der Waals surface area contributed by atoms with Crippen molar-refractivity contribution in [2.24, 2.45) is 11.7 Å². The zero-order chi connectivity index (χ0) is 13.9. The number of nitrogens with zero attached hydrogens (tertiary/aromatic N) is 1. The number of rotatable bonds is 5. The quantitative estimate of drug-likeness (QED) is 0.786. The number of hydrogen-bond acceptors (Lipinski definition) is 3. The molecule has 0 aromatic heterocycles. The van der Waals surface area contributed by atoms with Crippen LogP contribution < -0.4 is 16.4 Å². The average Bonchev–Trinajstić information content (AvgIpc) is 2.27. The van der Waals surface area contributed by atoms with Crippen molar-refractivity contribution in [1.29, 1.82) is 0 Å². The smallest absolute Gasteiger partial charge is 0.250 e. The highest BCUT2D eigenvalue weighted by Crippen LogP contribution is 2.28.